The maximum Gasteiger partial charge on any atom is 0.175 e. The van der Waals surface area contributed by atoms with Gasteiger partial charge >= 0.3 is 0 Å². The van der Waals surface area contributed by atoms with Gasteiger partial charge in [0.05, 0.1) is 10.0 Å². The van der Waals surface area contributed by atoms with Gasteiger partial charge in [0.2, 0.25) is 0 Å². The number of benzene rings is 1. The maximum absolute atomic E-state index is 13.6. The monoisotopic (exact) mass is 292 g/mol. The second-order valence-corrected chi connectivity index (χ2v) is 3.76. The molecule has 0 bridgehead atoms. The number of rotatable bonds is 1. The second kappa shape index (κ2) is 3.82. The molecule has 0 radical (unpaired) electrons. The molecule has 2 rings (SSSR count). The summed E-state index contributed by atoms with van der Waals surface area (Å²) in [5, 5.41) is 3.32. The lowest BCUT2D eigenvalue weighted by Gasteiger charge is -2.03. The number of halogens is 4. The third-order valence-corrected chi connectivity index (χ3v) is 2.59. The van der Waals surface area contributed by atoms with E-state index in [-0.39, 0.29) is 17.1 Å². The van der Waals surface area contributed by atoms with Gasteiger partial charge in [0.15, 0.2) is 29.0 Å². The molecule has 1 heterocycles. The lowest BCUT2D eigenvalue weighted by Crippen LogP contribution is -1.93. The van der Waals surface area contributed by atoms with Crippen molar-refractivity contribution in [1.82, 2.24) is 5.16 Å². The Morgan fingerprint density at radius 2 is 1.88 bits per heavy atom. The van der Waals surface area contributed by atoms with Crippen LogP contribution in [0.15, 0.2) is 21.1 Å². The van der Waals surface area contributed by atoms with Gasteiger partial charge in [0.25, 0.3) is 0 Å². The lowest BCUT2D eigenvalue weighted by molar-refractivity contribution is 0.430. The lowest BCUT2D eigenvalue weighted by atomic mass is 10.1. The summed E-state index contributed by atoms with van der Waals surface area (Å²) in [5.74, 6) is -3.52. The molecule has 0 aliphatic carbocycles. The minimum atomic E-state index is -1.30. The van der Waals surface area contributed by atoms with Gasteiger partial charge in [0.1, 0.15) is 0 Å². The van der Waals surface area contributed by atoms with Gasteiger partial charge in [0, 0.05) is 6.07 Å². The van der Waals surface area contributed by atoms with Crippen molar-refractivity contribution in [1.29, 1.82) is 0 Å². The van der Waals surface area contributed by atoms with E-state index in [1.807, 2.05) is 0 Å². The highest BCUT2D eigenvalue weighted by atomic mass is 79.9. The van der Waals surface area contributed by atoms with Gasteiger partial charge in [-0.1, -0.05) is 5.16 Å². The van der Waals surface area contributed by atoms with Crippen molar-refractivity contribution in [3.05, 3.63) is 34.1 Å². The first-order chi connectivity index (χ1) is 7.50. The summed E-state index contributed by atoms with van der Waals surface area (Å²) in [6, 6.07) is 1.89. The third-order valence-electron chi connectivity index (χ3n) is 1.90. The van der Waals surface area contributed by atoms with Crippen LogP contribution in [0.1, 0.15) is 0 Å². The van der Waals surface area contributed by atoms with Crippen LogP contribution in [0.5, 0.6) is 0 Å². The van der Waals surface area contributed by atoms with Crippen molar-refractivity contribution in [2.45, 2.75) is 0 Å². The number of hydrogen-bond donors (Lipinski definition) is 1. The number of aromatic nitrogens is 1. The first-order valence-corrected chi connectivity index (χ1v) is 4.85. The molecule has 1 aromatic carbocycles. The molecule has 2 N–H and O–H groups in total. The molecule has 0 fully saturated rings. The van der Waals surface area contributed by atoms with Crippen LogP contribution < -0.4 is 5.73 Å². The van der Waals surface area contributed by atoms with Crippen molar-refractivity contribution in [3.63, 3.8) is 0 Å². The van der Waals surface area contributed by atoms with Gasteiger partial charge < -0.3 is 10.3 Å². The van der Waals surface area contributed by atoms with Crippen LogP contribution in [0.3, 0.4) is 0 Å². The van der Waals surface area contributed by atoms with E-state index in [2.05, 4.69) is 25.6 Å². The molecule has 7 heteroatoms. The van der Waals surface area contributed by atoms with E-state index in [9.17, 15) is 13.2 Å². The second-order valence-electron chi connectivity index (χ2n) is 2.96. The predicted molar refractivity (Wildman–Crippen MR) is 53.9 cm³/mol. The molecular weight excluding hydrogens is 289 g/mol. The zero-order chi connectivity index (χ0) is 11.9. The molecule has 0 unspecified atom stereocenters. The maximum atomic E-state index is 13.6. The minimum Gasteiger partial charge on any atom is -0.381 e. The van der Waals surface area contributed by atoms with E-state index >= 15 is 0 Å². The first-order valence-electron chi connectivity index (χ1n) is 4.06. The fourth-order valence-corrected chi connectivity index (χ4v) is 1.57. The third kappa shape index (κ3) is 1.67. The van der Waals surface area contributed by atoms with Crippen LogP contribution in [0.2, 0.25) is 0 Å². The number of nitrogens with two attached hydrogens (primary N) is 1. The fraction of sp³-hybridized carbons (Fsp3) is 0. The Morgan fingerprint density at radius 3 is 2.44 bits per heavy atom. The summed E-state index contributed by atoms with van der Waals surface area (Å²) >= 11 is 2.60. The summed E-state index contributed by atoms with van der Waals surface area (Å²) < 4.78 is 43.6. The molecule has 84 valence electrons. The molecule has 0 saturated carbocycles. The minimum absolute atomic E-state index is 0.0234. The van der Waals surface area contributed by atoms with Gasteiger partial charge in [-0.2, -0.15) is 0 Å². The highest BCUT2D eigenvalue weighted by Gasteiger charge is 2.20. The molecule has 3 nitrogen and oxygen atoms in total. The summed E-state index contributed by atoms with van der Waals surface area (Å²) in [5.41, 5.74) is 5.01. The summed E-state index contributed by atoms with van der Waals surface area (Å²) in [6.45, 7) is 0. The highest BCUT2D eigenvalue weighted by Crippen LogP contribution is 2.32. The summed E-state index contributed by atoms with van der Waals surface area (Å²) in [6.07, 6.45) is 0. The van der Waals surface area contributed by atoms with E-state index in [0.29, 0.717) is 6.07 Å². The van der Waals surface area contributed by atoms with Crippen LogP contribution in [-0.2, 0) is 0 Å². The molecule has 16 heavy (non-hydrogen) atoms. The van der Waals surface area contributed by atoms with E-state index in [1.54, 1.807) is 0 Å². The predicted octanol–water partition coefficient (Wildman–Crippen LogP) is 3.10. The standard InChI is InChI=1S/C9H4BrF3N2O/c10-7-8(12)3(1-4(11)9(7)13)5-2-6(14)15-16-5/h1-2H,(H2,14,15). The Morgan fingerprint density at radius 1 is 1.19 bits per heavy atom. The van der Waals surface area contributed by atoms with Crippen LogP contribution in [0.4, 0.5) is 19.0 Å². The Balaban J connectivity index is 2.66. The van der Waals surface area contributed by atoms with Gasteiger partial charge in [-0.05, 0) is 22.0 Å². The highest BCUT2D eigenvalue weighted by molar-refractivity contribution is 9.10. The average Bonchev–Trinajstić information content (AvgIpc) is 2.67. The quantitative estimate of drug-likeness (QED) is 0.649. The van der Waals surface area contributed by atoms with E-state index in [1.165, 1.54) is 6.07 Å². The van der Waals surface area contributed by atoms with Gasteiger partial charge in [-0.3, -0.25) is 0 Å². The molecule has 2 aromatic rings. The molecule has 0 saturated heterocycles. The fourth-order valence-electron chi connectivity index (χ4n) is 1.17. The molecule has 0 atom stereocenters. The Hall–Kier alpha value is -1.50. The molecular formula is C9H4BrF3N2O. The molecule has 0 aliphatic heterocycles. The Kier molecular flexibility index (Phi) is 2.63. The topological polar surface area (TPSA) is 52.0 Å². The van der Waals surface area contributed by atoms with Gasteiger partial charge in [-0.25, -0.2) is 13.2 Å². The largest absolute Gasteiger partial charge is 0.381 e. The molecule has 0 aliphatic rings. The SMILES string of the molecule is Nc1cc(-c2cc(F)c(F)c(Br)c2F)on1. The summed E-state index contributed by atoms with van der Waals surface area (Å²) in [7, 11) is 0. The molecule has 0 spiro atoms. The number of anilines is 1. The van der Waals surface area contributed by atoms with Gasteiger partial charge in [-0.15, -0.1) is 0 Å². The van der Waals surface area contributed by atoms with Crippen molar-refractivity contribution >= 4 is 21.7 Å². The normalized spacial score (nSPS) is 10.8. The average molecular weight is 293 g/mol. The number of hydrogen-bond acceptors (Lipinski definition) is 3. The Bertz CT molecular complexity index is 556. The zero-order valence-corrected chi connectivity index (χ0v) is 9.19. The smallest absolute Gasteiger partial charge is 0.175 e. The molecule has 1 aromatic heterocycles. The zero-order valence-electron chi connectivity index (χ0n) is 7.60. The van der Waals surface area contributed by atoms with E-state index < -0.39 is 21.9 Å². The number of nitrogens with zero attached hydrogens (tertiary/aromatic N) is 1. The Labute approximate surface area is 96.2 Å². The van der Waals surface area contributed by atoms with E-state index in [4.69, 9.17) is 5.73 Å². The van der Waals surface area contributed by atoms with Crippen LogP contribution in [-0.4, -0.2) is 5.16 Å². The van der Waals surface area contributed by atoms with Crippen LogP contribution in [0.25, 0.3) is 11.3 Å². The van der Waals surface area contributed by atoms with Crippen LogP contribution in [0, 0.1) is 17.5 Å². The van der Waals surface area contributed by atoms with E-state index in [0.717, 1.165) is 0 Å². The number of nitrogen functional groups attached to an aromatic ring is 1. The molecule has 0 amide bonds. The van der Waals surface area contributed by atoms with Crippen molar-refractivity contribution in [2.75, 3.05) is 5.73 Å². The van der Waals surface area contributed by atoms with Crippen molar-refractivity contribution in [3.8, 4) is 11.3 Å². The van der Waals surface area contributed by atoms with Crippen molar-refractivity contribution in [2.24, 2.45) is 0 Å². The summed E-state index contributed by atoms with van der Waals surface area (Å²) in [4.78, 5) is 0. The van der Waals surface area contributed by atoms with Crippen molar-refractivity contribution < 1.29 is 17.7 Å². The van der Waals surface area contributed by atoms with Crippen LogP contribution >= 0.6 is 15.9 Å². The first kappa shape index (κ1) is 11.0.